The van der Waals surface area contributed by atoms with E-state index >= 15 is 0 Å². The molecule has 0 fully saturated rings. The highest BCUT2D eigenvalue weighted by Crippen LogP contribution is 2.44. The Hall–Kier alpha value is -4.27. The van der Waals surface area contributed by atoms with Gasteiger partial charge < -0.3 is 15.2 Å². The van der Waals surface area contributed by atoms with E-state index in [0.717, 1.165) is 22.3 Å². The number of amides is 2. The standard InChI is InChI=1S/C25H20F2N2O5/c26-25(27,23(31)32)14-28-22(30)15-6-5-7-16(12-15)29-24(33)34-13-21-19-10-3-1-8-17(19)18-9-2-4-11-20(18)21/h1-12,21H,13-14H2,(H,28,30)(H,29,33)(H,31,32). The summed E-state index contributed by atoms with van der Waals surface area (Å²) in [7, 11) is 0. The van der Waals surface area contributed by atoms with Gasteiger partial charge in [0.05, 0.1) is 6.54 Å². The van der Waals surface area contributed by atoms with Crippen molar-refractivity contribution in [2.24, 2.45) is 0 Å². The average Bonchev–Trinajstić information content (AvgIpc) is 3.15. The zero-order chi connectivity index (χ0) is 24.3. The number of anilines is 1. The molecule has 0 atom stereocenters. The monoisotopic (exact) mass is 466 g/mol. The number of ether oxygens (including phenoxy) is 1. The molecule has 0 bridgehead atoms. The third-order valence-electron chi connectivity index (χ3n) is 5.50. The van der Waals surface area contributed by atoms with E-state index in [1.807, 2.05) is 53.8 Å². The van der Waals surface area contributed by atoms with E-state index < -0.39 is 30.4 Å². The van der Waals surface area contributed by atoms with Gasteiger partial charge in [-0.3, -0.25) is 10.1 Å². The molecule has 0 saturated carbocycles. The Morgan fingerprint density at radius 1 is 0.912 bits per heavy atom. The second-order valence-electron chi connectivity index (χ2n) is 7.72. The molecule has 3 aromatic rings. The lowest BCUT2D eigenvalue weighted by molar-refractivity contribution is -0.163. The number of alkyl halides is 2. The molecule has 34 heavy (non-hydrogen) atoms. The second kappa shape index (κ2) is 9.30. The van der Waals surface area contributed by atoms with Crippen molar-refractivity contribution in [2.45, 2.75) is 11.8 Å². The minimum absolute atomic E-state index is 0.0300. The highest BCUT2D eigenvalue weighted by Gasteiger charge is 2.39. The van der Waals surface area contributed by atoms with Crippen LogP contribution in [0.15, 0.2) is 72.8 Å². The van der Waals surface area contributed by atoms with Crippen LogP contribution in [0.4, 0.5) is 19.3 Å². The second-order valence-corrected chi connectivity index (χ2v) is 7.72. The van der Waals surface area contributed by atoms with Crippen LogP contribution in [-0.4, -0.2) is 42.2 Å². The van der Waals surface area contributed by atoms with E-state index in [2.05, 4.69) is 5.32 Å². The summed E-state index contributed by atoms with van der Waals surface area (Å²) in [6.45, 7) is -1.25. The maximum absolute atomic E-state index is 13.2. The van der Waals surface area contributed by atoms with Gasteiger partial charge in [-0.25, -0.2) is 9.59 Å². The Morgan fingerprint density at radius 2 is 1.53 bits per heavy atom. The Kier molecular flexibility index (Phi) is 6.27. The van der Waals surface area contributed by atoms with Crippen LogP contribution in [0.25, 0.3) is 11.1 Å². The maximum Gasteiger partial charge on any atom is 0.411 e. The van der Waals surface area contributed by atoms with Crippen LogP contribution >= 0.6 is 0 Å². The van der Waals surface area contributed by atoms with E-state index in [1.165, 1.54) is 24.3 Å². The first-order chi connectivity index (χ1) is 16.3. The molecule has 1 aliphatic rings. The predicted molar refractivity (Wildman–Crippen MR) is 120 cm³/mol. The van der Waals surface area contributed by atoms with Crippen molar-refractivity contribution < 1.29 is 33.0 Å². The summed E-state index contributed by atoms with van der Waals surface area (Å²) in [5.41, 5.74) is 4.51. The number of benzene rings is 3. The third kappa shape index (κ3) is 4.73. The first-order valence-electron chi connectivity index (χ1n) is 10.4. The van der Waals surface area contributed by atoms with Gasteiger partial charge >= 0.3 is 18.0 Å². The predicted octanol–water partition coefficient (Wildman–Crippen LogP) is 4.50. The molecule has 0 unspecified atom stereocenters. The molecule has 0 aliphatic heterocycles. The lowest BCUT2D eigenvalue weighted by Crippen LogP contribution is -2.42. The minimum atomic E-state index is -4.09. The SMILES string of the molecule is O=C(Nc1cccc(C(=O)NCC(F)(F)C(=O)O)c1)OCC1c2ccccc2-c2ccccc21. The molecule has 3 aromatic carbocycles. The zero-order valence-corrected chi connectivity index (χ0v) is 17.8. The highest BCUT2D eigenvalue weighted by atomic mass is 19.3. The molecule has 0 radical (unpaired) electrons. The number of hydrogen-bond acceptors (Lipinski definition) is 4. The first kappa shape index (κ1) is 22.9. The molecule has 0 saturated heterocycles. The van der Waals surface area contributed by atoms with Gasteiger partial charge in [-0.2, -0.15) is 8.78 Å². The van der Waals surface area contributed by atoms with Crippen molar-refractivity contribution in [3.63, 3.8) is 0 Å². The van der Waals surface area contributed by atoms with Gasteiger partial charge in [0.15, 0.2) is 0 Å². The van der Waals surface area contributed by atoms with Gasteiger partial charge in [0.2, 0.25) is 0 Å². The van der Waals surface area contributed by atoms with Crippen LogP contribution in [0.2, 0.25) is 0 Å². The molecular weight excluding hydrogens is 446 g/mol. The van der Waals surface area contributed by atoms with Crippen molar-refractivity contribution in [2.75, 3.05) is 18.5 Å². The number of rotatable bonds is 7. The fourth-order valence-electron chi connectivity index (χ4n) is 3.86. The maximum atomic E-state index is 13.2. The van der Waals surface area contributed by atoms with E-state index in [4.69, 9.17) is 9.84 Å². The number of carboxylic acids is 1. The van der Waals surface area contributed by atoms with E-state index in [9.17, 15) is 23.2 Å². The number of fused-ring (bicyclic) bond motifs is 3. The fraction of sp³-hybridized carbons (Fsp3) is 0.160. The van der Waals surface area contributed by atoms with Gasteiger partial charge in [-0.05, 0) is 40.5 Å². The molecule has 1 aliphatic carbocycles. The Morgan fingerprint density at radius 3 is 2.15 bits per heavy atom. The molecule has 2 amide bonds. The number of hydrogen-bond donors (Lipinski definition) is 3. The van der Waals surface area contributed by atoms with Gasteiger partial charge in [-0.1, -0.05) is 54.6 Å². The Bertz CT molecular complexity index is 1220. The van der Waals surface area contributed by atoms with Crippen molar-refractivity contribution in [3.8, 4) is 11.1 Å². The number of halogens is 2. The van der Waals surface area contributed by atoms with E-state index in [0.29, 0.717) is 0 Å². The summed E-state index contributed by atoms with van der Waals surface area (Å²) in [6.07, 6.45) is -0.739. The highest BCUT2D eigenvalue weighted by molar-refractivity contribution is 5.96. The largest absolute Gasteiger partial charge is 0.477 e. The van der Waals surface area contributed by atoms with Crippen LogP contribution in [-0.2, 0) is 9.53 Å². The van der Waals surface area contributed by atoms with Gasteiger partial charge in [0.25, 0.3) is 5.91 Å². The molecule has 0 aromatic heterocycles. The summed E-state index contributed by atoms with van der Waals surface area (Å²) < 4.78 is 31.8. The van der Waals surface area contributed by atoms with Crippen LogP contribution in [0.1, 0.15) is 27.4 Å². The molecular formula is C25H20F2N2O5. The minimum Gasteiger partial charge on any atom is -0.477 e. The fourth-order valence-corrected chi connectivity index (χ4v) is 3.86. The Balaban J connectivity index is 1.38. The Labute approximate surface area is 193 Å². The number of carbonyl (C=O) groups is 3. The third-order valence-corrected chi connectivity index (χ3v) is 5.50. The van der Waals surface area contributed by atoms with Crippen molar-refractivity contribution >= 4 is 23.7 Å². The van der Waals surface area contributed by atoms with Gasteiger partial charge in [0, 0.05) is 17.2 Å². The molecule has 7 nitrogen and oxygen atoms in total. The van der Waals surface area contributed by atoms with Crippen LogP contribution in [0.5, 0.6) is 0 Å². The van der Waals surface area contributed by atoms with Crippen LogP contribution in [0, 0.1) is 0 Å². The summed E-state index contributed by atoms with van der Waals surface area (Å²) in [5.74, 6) is -7.45. The van der Waals surface area contributed by atoms with E-state index in [-0.39, 0.29) is 23.8 Å². The van der Waals surface area contributed by atoms with E-state index in [1.54, 1.807) is 0 Å². The first-order valence-corrected chi connectivity index (χ1v) is 10.4. The summed E-state index contributed by atoms with van der Waals surface area (Å²) in [5, 5.41) is 12.8. The molecule has 3 N–H and O–H groups in total. The number of carbonyl (C=O) groups excluding carboxylic acids is 2. The summed E-state index contributed by atoms with van der Waals surface area (Å²) in [6, 6.07) is 21.4. The summed E-state index contributed by atoms with van der Waals surface area (Å²) in [4.78, 5) is 35.0. The lowest BCUT2D eigenvalue weighted by Gasteiger charge is -2.15. The molecule has 0 spiro atoms. The van der Waals surface area contributed by atoms with Crippen molar-refractivity contribution in [1.82, 2.24) is 5.32 Å². The molecule has 174 valence electrons. The van der Waals surface area contributed by atoms with Crippen molar-refractivity contribution in [1.29, 1.82) is 0 Å². The topological polar surface area (TPSA) is 105 Å². The van der Waals surface area contributed by atoms with Gasteiger partial charge in [-0.15, -0.1) is 0 Å². The summed E-state index contributed by atoms with van der Waals surface area (Å²) >= 11 is 0. The van der Waals surface area contributed by atoms with Gasteiger partial charge in [0.1, 0.15) is 6.61 Å². The molecule has 9 heteroatoms. The quantitative estimate of drug-likeness (QED) is 0.476. The zero-order valence-electron chi connectivity index (χ0n) is 17.8. The molecule has 0 heterocycles. The van der Waals surface area contributed by atoms with Crippen LogP contribution < -0.4 is 10.6 Å². The number of nitrogens with one attached hydrogen (secondary N) is 2. The van der Waals surface area contributed by atoms with Crippen molar-refractivity contribution in [3.05, 3.63) is 89.5 Å². The van der Waals surface area contributed by atoms with Crippen LogP contribution in [0.3, 0.4) is 0 Å². The number of carboxylic acid groups (broad SMARTS) is 1. The number of aliphatic carboxylic acids is 1. The lowest BCUT2D eigenvalue weighted by atomic mass is 9.98. The average molecular weight is 466 g/mol. The normalized spacial score (nSPS) is 12.4. The molecule has 4 rings (SSSR count). The smallest absolute Gasteiger partial charge is 0.411 e.